The molecule has 0 unspecified atom stereocenters. The number of hydrogen-bond acceptors (Lipinski definition) is 6. The Bertz CT molecular complexity index is 910. The number of nitro benzene ring substituents is 1. The van der Waals surface area contributed by atoms with Gasteiger partial charge >= 0.3 is 5.97 Å². The van der Waals surface area contributed by atoms with Gasteiger partial charge in [0.05, 0.1) is 4.92 Å². The fourth-order valence-corrected chi connectivity index (χ4v) is 2.67. The second-order valence-corrected chi connectivity index (χ2v) is 7.45. The van der Waals surface area contributed by atoms with Gasteiger partial charge in [-0.3, -0.25) is 19.7 Å². The molecule has 0 saturated carbocycles. The van der Waals surface area contributed by atoms with E-state index >= 15 is 0 Å². The number of benzene rings is 2. The van der Waals surface area contributed by atoms with Crippen LogP contribution in [0, 0.1) is 16.0 Å². The number of ketones is 1. The van der Waals surface area contributed by atoms with E-state index in [0.29, 0.717) is 5.56 Å². The molecule has 0 radical (unpaired) electrons. The highest BCUT2D eigenvalue weighted by molar-refractivity contribution is 9.10. The van der Waals surface area contributed by atoms with Crippen LogP contribution in [0.1, 0.15) is 34.6 Å². The van der Waals surface area contributed by atoms with Crippen molar-refractivity contribution in [3.05, 3.63) is 74.2 Å². The molecule has 0 heterocycles. The molecule has 0 aromatic heterocycles. The van der Waals surface area contributed by atoms with Gasteiger partial charge in [0, 0.05) is 27.7 Å². The molecule has 0 spiro atoms. The highest BCUT2D eigenvalue weighted by atomic mass is 79.9. The molecule has 0 aliphatic carbocycles. The van der Waals surface area contributed by atoms with Gasteiger partial charge in [-0.05, 0) is 30.2 Å². The van der Waals surface area contributed by atoms with E-state index in [4.69, 9.17) is 4.74 Å². The number of rotatable bonds is 8. The van der Waals surface area contributed by atoms with Crippen LogP contribution in [0.4, 0.5) is 5.69 Å². The lowest BCUT2D eigenvalue weighted by molar-refractivity contribution is -0.384. The first-order chi connectivity index (χ1) is 13.7. The Labute approximate surface area is 175 Å². The predicted octanol–water partition coefficient (Wildman–Crippen LogP) is 3.54. The standard InChI is InChI=1S/C20H19BrN2O6/c1-12(2)18(22-19(25)14-5-9-16(10-6-14)23(27)28)20(26)29-11-17(24)13-3-7-15(21)8-4-13/h3-10,12,18H,11H2,1-2H3,(H,22,25)/t18-/m1/s1. The number of Topliss-reactive ketones (excluding diaryl/α,β-unsaturated/α-hetero) is 1. The molecule has 2 rings (SSSR count). The number of carbonyl (C=O) groups is 3. The van der Waals surface area contributed by atoms with E-state index in [9.17, 15) is 24.5 Å². The van der Waals surface area contributed by atoms with E-state index in [0.717, 1.165) is 4.47 Å². The van der Waals surface area contributed by atoms with Gasteiger partial charge < -0.3 is 10.1 Å². The van der Waals surface area contributed by atoms with Crippen molar-refractivity contribution in [2.45, 2.75) is 19.9 Å². The molecule has 0 fully saturated rings. The third kappa shape index (κ3) is 6.21. The minimum Gasteiger partial charge on any atom is -0.456 e. The summed E-state index contributed by atoms with van der Waals surface area (Å²) in [5.41, 5.74) is 0.421. The monoisotopic (exact) mass is 462 g/mol. The zero-order valence-corrected chi connectivity index (χ0v) is 17.3. The predicted molar refractivity (Wildman–Crippen MR) is 109 cm³/mol. The molecule has 1 atom stereocenters. The van der Waals surface area contributed by atoms with Crippen molar-refractivity contribution in [3.63, 3.8) is 0 Å². The lowest BCUT2D eigenvalue weighted by Gasteiger charge is -2.20. The summed E-state index contributed by atoms with van der Waals surface area (Å²) in [6, 6.07) is 10.7. The molecule has 1 N–H and O–H groups in total. The minimum absolute atomic E-state index is 0.146. The van der Waals surface area contributed by atoms with Gasteiger partial charge in [-0.1, -0.05) is 41.9 Å². The molecule has 9 heteroatoms. The Hall–Kier alpha value is -3.07. The zero-order valence-electron chi connectivity index (χ0n) is 15.8. The van der Waals surface area contributed by atoms with Gasteiger partial charge in [0.1, 0.15) is 6.04 Å². The lowest BCUT2D eigenvalue weighted by Crippen LogP contribution is -2.45. The van der Waals surface area contributed by atoms with E-state index in [1.165, 1.54) is 24.3 Å². The van der Waals surface area contributed by atoms with E-state index in [2.05, 4.69) is 21.2 Å². The van der Waals surface area contributed by atoms with Crippen LogP contribution in [-0.2, 0) is 9.53 Å². The smallest absolute Gasteiger partial charge is 0.329 e. The van der Waals surface area contributed by atoms with Crippen LogP contribution in [0.3, 0.4) is 0 Å². The number of nitrogens with zero attached hydrogens (tertiary/aromatic N) is 1. The largest absolute Gasteiger partial charge is 0.456 e. The summed E-state index contributed by atoms with van der Waals surface area (Å²) in [4.78, 5) is 47.1. The van der Waals surface area contributed by atoms with Gasteiger partial charge in [-0.25, -0.2) is 4.79 Å². The average Bonchev–Trinajstić information content (AvgIpc) is 2.70. The van der Waals surface area contributed by atoms with Crippen LogP contribution in [0.5, 0.6) is 0 Å². The first-order valence-corrected chi connectivity index (χ1v) is 9.49. The maximum atomic E-state index is 12.4. The number of nitrogens with one attached hydrogen (secondary N) is 1. The summed E-state index contributed by atoms with van der Waals surface area (Å²) in [6.07, 6.45) is 0. The average molecular weight is 463 g/mol. The second kappa shape index (κ2) is 9.92. The molecule has 1 amide bonds. The number of halogens is 1. The minimum atomic E-state index is -0.976. The molecule has 0 bridgehead atoms. The van der Waals surface area contributed by atoms with Crippen LogP contribution in [0.15, 0.2) is 53.0 Å². The molecular formula is C20H19BrN2O6. The molecule has 0 aliphatic heterocycles. The second-order valence-electron chi connectivity index (χ2n) is 6.54. The summed E-state index contributed by atoms with van der Waals surface area (Å²) in [6.45, 7) is 2.99. The van der Waals surface area contributed by atoms with Gasteiger partial charge in [0.25, 0.3) is 11.6 Å². The summed E-state index contributed by atoms with van der Waals surface area (Å²) >= 11 is 3.27. The first-order valence-electron chi connectivity index (χ1n) is 8.69. The Balaban J connectivity index is 1.99. The Morgan fingerprint density at radius 2 is 1.59 bits per heavy atom. The normalized spacial score (nSPS) is 11.6. The zero-order chi connectivity index (χ0) is 21.6. The maximum absolute atomic E-state index is 12.4. The topological polar surface area (TPSA) is 116 Å². The third-order valence-corrected chi connectivity index (χ3v) is 4.59. The van der Waals surface area contributed by atoms with Gasteiger partial charge in [0.2, 0.25) is 0 Å². The Morgan fingerprint density at radius 3 is 2.10 bits per heavy atom. The number of ether oxygens (including phenoxy) is 1. The molecular weight excluding hydrogens is 444 g/mol. The van der Waals surface area contributed by atoms with E-state index in [1.807, 2.05) is 0 Å². The Kier molecular flexibility index (Phi) is 7.60. The van der Waals surface area contributed by atoms with E-state index in [1.54, 1.807) is 38.1 Å². The highest BCUT2D eigenvalue weighted by Gasteiger charge is 2.27. The maximum Gasteiger partial charge on any atom is 0.329 e. The number of amides is 1. The van der Waals surface area contributed by atoms with Crippen molar-refractivity contribution >= 4 is 39.3 Å². The van der Waals surface area contributed by atoms with Gasteiger partial charge in [-0.2, -0.15) is 0 Å². The molecule has 152 valence electrons. The first kappa shape index (κ1) is 22.2. The molecule has 29 heavy (non-hydrogen) atoms. The van der Waals surface area contributed by atoms with Crippen LogP contribution >= 0.6 is 15.9 Å². The quantitative estimate of drug-likeness (QED) is 0.277. The van der Waals surface area contributed by atoms with Crippen molar-refractivity contribution in [2.24, 2.45) is 5.92 Å². The van der Waals surface area contributed by atoms with Gasteiger partial charge in [-0.15, -0.1) is 0 Å². The molecule has 0 aliphatic rings. The van der Waals surface area contributed by atoms with E-state index < -0.39 is 29.4 Å². The van der Waals surface area contributed by atoms with Crippen molar-refractivity contribution in [1.82, 2.24) is 5.32 Å². The van der Waals surface area contributed by atoms with Crippen molar-refractivity contribution in [2.75, 3.05) is 6.61 Å². The summed E-state index contributed by atoms with van der Waals surface area (Å²) in [5, 5.41) is 13.2. The van der Waals surface area contributed by atoms with Gasteiger partial charge in [0.15, 0.2) is 12.4 Å². The number of hydrogen-bond donors (Lipinski definition) is 1. The van der Waals surface area contributed by atoms with Crippen LogP contribution in [0.25, 0.3) is 0 Å². The Morgan fingerprint density at radius 1 is 1.03 bits per heavy atom. The third-order valence-electron chi connectivity index (χ3n) is 4.06. The number of non-ortho nitro benzene ring substituents is 1. The number of nitro groups is 1. The lowest BCUT2D eigenvalue weighted by atomic mass is 10.0. The van der Waals surface area contributed by atoms with Crippen molar-refractivity contribution < 1.29 is 24.0 Å². The van der Waals surface area contributed by atoms with Crippen LogP contribution in [-0.4, -0.2) is 35.2 Å². The number of esters is 1. The van der Waals surface area contributed by atoms with E-state index in [-0.39, 0.29) is 23.0 Å². The molecule has 2 aromatic carbocycles. The van der Waals surface area contributed by atoms with Crippen LogP contribution < -0.4 is 5.32 Å². The number of carbonyl (C=O) groups excluding carboxylic acids is 3. The van der Waals surface area contributed by atoms with Crippen molar-refractivity contribution in [3.8, 4) is 0 Å². The fraction of sp³-hybridized carbons (Fsp3) is 0.250. The SMILES string of the molecule is CC(C)[C@@H](NC(=O)c1ccc([N+](=O)[O-])cc1)C(=O)OCC(=O)c1ccc(Br)cc1. The summed E-state index contributed by atoms with van der Waals surface area (Å²) in [5.74, 6) is -1.97. The van der Waals surface area contributed by atoms with Crippen LogP contribution in [0.2, 0.25) is 0 Å². The molecule has 2 aromatic rings. The highest BCUT2D eigenvalue weighted by Crippen LogP contribution is 2.14. The summed E-state index contributed by atoms with van der Waals surface area (Å²) < 4.78 is 5.91. The molecule has 8 nitrogen and oxygen atoms in total. The van der Waals surface area contributed by atoms with Crippen molar-refractivity contribution in [1.29, 1.82) is 0 Å². The molecule has 0 saturated heterocycles. The summed E-state index contributed by atoms with van der Waals surface area (Å²) in [7, 11) is 0. The fourth-order valence-electron chi connectivity index (χ4n) is 2.40.